The number of halogens is 3. The molecule has 0 aliphatic rings. The second kappa shape index (κ2) is 7.04. The average molecular weight is 343 g/mol. The van der Waals surface area contributed by atoms with Crippen molar-refractivity contribution in [2.45, 2.75) is 19.0 Å². The van der Waals surface area contributed by atoms with Gasteiger partial charge in [-0.25, -0.2) is 4.39 Å². The van der Waals surface area contributed by atoms with Crippen molar-refractivity contribution < 1.29 is 4.39 Å². The van der Waals surface area contributed by atoms with Crippen molar-refractivity contribution in [2.24, 2.45) is 0 Å². The van der Waals surface area contributed by atoms with Gasteiger partial charge in [-0.05, 0) is 34.9 Å². The van der Waals surface area contributed by atoms with Gasteiger partial charge in [0.2, 0.25) is 0 Å². The fourth-order valence-electron chi connectivity index (χ4n) is 1.81. The third-order valence-corrected chi connectivity index (χ3v) is 3.52. The summed E-state index contributed by atoms with van der Waals surface area (Å²) in [6.07, 6.45) is 0. The number of nitrogens with one attached hydrogen (secondary N) is 1. The molecular weight excluding hydrogens is 329 g/mol. The average Bonchev–Trinajstić information content (AvgIpc) is 2.38. The molecule has 0 radical (unpaired) electrons. The normalized spacial score (nSPS) is 10.7. The highest BCUT2D eigenvalue weighted by atomic mass is 79.9. The van der Waals surface area contributed by atoms with E-state index in [-0.39, 0.29) is 5.82 Å². The fourth-order valence-corrected chi connectivity index (χ4v) is 2.50. The minimum atomic E-state index is -0.224. The van der Waals surface area contributed by atoms with Crippen molar-refractivity contribution in [1.82, 2.24) is 5.32 Å². The Balaban J connectivity index is 1.88. The summed E-state index contributed by atoms with van der Waals surface area (Å²) in [6.45, 7) is 1.38. The predicted octanol–water partition coefficient (Wildman–Crippen LogP) is 4.62. The third-order valence-electron chi connectivity index (χ3n) is 2.76. The minimum absolute atomic E-state index is 0.224. The van der Waals surface area contributed by atoms with Gasteiger partial charge in [0.05, 0.1) is 0 Å². The summed E-state index contributed by atoms with van der Waals surface area (Å²) in [5, 5.41) is 3.29. The van der Waals surface area contributed by atoms with Crippen LogP contribution in [0.4, 0.5) is 4.39 Å². The maximum atomic E-state index is 13.2. The molecular formula is C15H14BrClFN. The van der Waals surface area contributed by atoms with E-state index in [2.05, 4.69) is 21.2 Å². The lowest BCUT2D eigenvalue weighted by Crippen LogP contribution is -2.12. The first-order valence-corrected chi connectivity index (χ1v) is 7.29. The van der Waals surface area contributed by atoms with Crippen LogP contribution in [-0.2, 0) is 19.0 Å². The molecule has 0 amide bonds. The van der Waals surface area contributed by atoms with Gasteiger partial charge >= 0.3 is 0 Å². The Kier molecular flexibility index (Phi) is 5.37. The van der Waals surface area contributed by atoms with E-state index in [1.165, 1.54) is 17.7 Å². The van der Waals surface area contributed by atoms with Gasteiger partial charge in [-0.2, -0.15) is 0 Å². The third kappa shape index (κ3) is 4.60. The molecule has 0 aliphatic heterocycles. The van der Waals surface area contributed by atoms with Crippen molar-refractivity contribution >= 4 is 27.5 Å². The number of rotatable bonds is 5. The highest BCUT2D eigenvalue weighted by Gasteiger charge is 1.99. The van der Waals surface area contributed by atoms with Crippen LogP contribution in [0.2, 0.25) is 0 Å². The molecule has 100 valence electrons. The molecule has 2 aromatic carbocycles. The van der Waals surface area contributed by atoms with Crippen LogP contribution >= 0.6 is 27.5 Å². The monoisotopic (exact) mass is 341 g/mol. The molecule has 0 aliphatic carbocycles. The van der Waals surface area contributed by atoms with Crippen molar-refractivity contribution in [3.8, 4) is 0 Å². The fraction of sp³-hybridized carbons (Fsp3) is 0.200. The molecule has 0 bridgehead atoms. The molecule has 4 heteroatoms. The van der Waals surface area contributed by atoms with Crippen LogP contribution in [-0.4, -0.2) is 0 Å². The molecule has 0 unspecified atom stereocenters. The van der Waals surface area contributed by atoms with E-state index in [4.69, 9.17) is 11.6 Å². The van der Waals surface area contributed by atoms with Crippen LogP contribution in [0.5, 0.6) is 0 Å². The Morgan fingerprint density at radius 1 is 0.947 bits per heavy atom. The van der Waals surface area contributed by atoms with E-state index in [0.29, 0.717) is 12.4 Å². The van der Waals surface area contributed by atoms with E-state index < -0.39 is 0 Å². The molecule has 0 saturated heterocycles. The first-order valence-electron chi connectivity index (χ1n) is 5.97. The van der Waals surface area contributed by atoms with Gasteiger partial charge in [0.25, 0.3) is 0 Å². The second-order valence-electron chi connectivity index (χ2n) is 4.33. The van der Waals surface area contributed by atoms with Crippen LogP contribution in [0.15, 0.2) is 46.9 Å². The Hall–Kier alpha value is -0.900. The summed E-state index contributed by atoms with van der Waals surface area (Å²) < 4.78 is 14.0. The molecule has 0 atom stereocenters. The molecule has 19 heavy (non-hydrogen) atoms. The standard InChI is InChI=1S/C15H14BrClFN/c16-14-5-13(6-15(18)7-14)10-19-9-12-3-1-11(8-17)2-4-12/h1-7,19H,8-10H2. The first-order chi connectivity index (χ1) is 9.17. The summed E-state index contributed by atoms with van der Waals surface area (Å²) in [5.41, 5.74) is 3.22. The topological polar surface area (TPSA) is 12.0 Å². The zero-order valence-electron chi connectivity index (χ0n) is 10.3. The van der Waals surface area contributed by atoms with Gasteiger partial charge in [0.15, 0.2) is 0 Å². The predicted molar refractivity (Wildman–Crippen MR) is 80.6 cm³/mol. The largest absolute Gasteiger partial charge is 0.309 e. The van der Waals surface area contributed by atoms with E-state index >= 15 is 0 Å². The van der Waals surface area contributed by atoms with Gasteiger partial charge in [-0.15, -0.1) is 11.6 Å². The number of hydrogen-bond acceptors (Lipinski definition) is 1. The van der Waals surface area contributed by atoms with Gasteiger partial charge < -0.3 is 5.32 Å². The van der Waals surface area contributed by atoms with Crippen LogP contribution in [0.1, 0.15) is 16.7 Å². The Morgan fingerprint density at radius 2 is 1.58 bits per heavy atom. The number of benzene rings is 2. The van der Waals surface area contributed by atoms with Crippen LogP contribution in [0, 0.1) is 5.82 Å². The van der Waals surface area contributed by atoms with E-state index in [1.54, 1.807) is 0 Å². The van der Waals surface area contributed by atoms with E-state index in [1.807, 2.05) is 30.3 Å². The van der Waals surface area contributed by atoms with Crippen LogP contribution in [0.25, 0.3) is 0 Å². The lowest BCUT2D eigenvalue weighted by Gasteiger charge is -2.06. The maximum absolute atomic E-state index is 13.2. The molecule has 1 N–H and O–H groups in total. The highest BCUT2D eigenvalue weighted by Crippen LogP contribution is 2.15. The van der Waals surface area contributed by atoms with Gasteiger partial charge in [0, 0.05) is 23.4 Å². The minimum Gasteiger partial charge on any atom is -0.309 e. The summed E-state index contributed by atoms with van der Waals surface area (Å²) in [6, 6.07) is 13.0. The molecule has 0 heterocycles. The number of alkyl halides is 1. The Bertz CT molecular complexity index is 522. The van der Waals surface area contributed by atoms with Crippen LogP contribution < -0.4 is 5.32 Å². The zero-order valence-corrected chi connectivity index (χ0v) is 12.6. The summed E-state index contributed by atoms with van der Waals surface area (Å²) in [5.74, 6) is 0.308. The van der Waals surface area contributed by atoms with Crippen LogP contribution in [0.3, 0.4) is 0 Å². The molecule has 0 saturated carbocycles. The van der Waals surface area contributed by atoms with E-state index in [9.17, 15) is 4.39 Å². The van der Waals surface area contributed by atoms with Crippen molar-refractivity contribution in [3.05, 3.63) is 69.4 Å². The molecule has 1 nitrogen and oxygen atoms in total. The highest BCUT2D eigenvalue weighted by molar-refractivity contribution is 9.10. The van der Waals surface area contributed by atoms with Crippen molar-refractivity contribution in [3.63, 3.8) is 0 Å². The number of hydrogen-bond donors (Lipinski definition) is 1. The first kappa shape index (κ1) is 14.5. The van der Waals surface area contributed by atoms with Gasteiger partial charge in [-0.1, -0.05) is 40.2 Å². The quantitative estimate of drug-likeness (QED) is 0.782. The SMILES string of the molecule is Fc1cc(Br)cc(CNCc2ccc(CCl)cc2)c1. The second-order valence-corrected chi connectivity index (χ2v) is 5.51. The molecule has 2 aromatic rings. The van der Waals surface area contributed by atoms with Gasteiger partial charge in [-0.3, -0.25) is 0 Å². The Morgan fingerprint density at radius 3 is 2.21 bits per heavy atom. The Labute approximate surface area is 125 Å². The molecule has 0 fully saturated rings. The molecule has 0 aromatic heterocycles. The van der Waals surface area contributed by atoms with Crippen molar-refractivity contribution in [1.29, 1.82) is 0 Å². The lowest BCUT2D eigenvalue weighted by atomic mass is 10.1. The smallest absolute Gasteiger partial charge is 0.124 e. The molecule has 2 rings (SSSR count). The summed E-state index contributed by atoms with van der Waals surface area (Å²) >= 11 is 9.02. The maximum Gasteiger partial charge on any atom is 0.124 e. The summed E-state index contributed by atoms with van der Waals surface area (Å²) in [4.78, 5) is 0. The lowest BCUT2D eigenvalue weighted by molar-refractivity contribution is 0.619. The van der Waals surface area contributed by atoms with E-state index in [0.717, 1.165) is 22.1 Å². The van der Waals surface area contributed by atoms with Gasteiger partial charge in [0.1, 0.15) is 5.82 Å². The zero-order chi connectivity index (χ0) is 13.7. The van der Waals surface area contributed by atoms with Crippen molar-refractivity contribution in [2.75, 3.05) is 0 Å². The molecule has 0 spiro atoms. The summed E-state index contributed by atoms with van der Waals surface area (Å²) in [7, 11) is 0.